The summed E-state index contributed by atoms with van der Waals surface area (Å²) in [6, 6.07) is 5.63. The molecule has 0 aromatic heterocycles. The Morgan fingerprint density at radius 3 is 2.79 bits per heavy atom. The van der Waals surface area contributed by atoms with Crippen LogP contribution >= 0.6 is 0 Å². The van der Waals surface area contributed by atoms with Gasteiger partial charge >= 0.3 is 11.9 Å². The second-order valence-corrected chi connectivity index (χ2v) is 6.40. The molecule has 1 aliphatic carbocycles. The number of ether oxygens (including phenoxy) is 3. The highest BCUT2D eigenvalue weighted by Gasteiger charge is 2.66. The number of carbonyl (C=O) groups is 2. The highest BCUT2D eigenvalue weighted by molar-refractivity contribution is 5.70. The number of rotatable bonds is 5. The average Bonchev–Trinajstić information content (AvgIpc) is 3.03. The van der Waals surface area contributed by atoms with E-state index >= 15 is 0 Å². The Hall–Kier alpha value is -2.08. The minimum absolute atomic E-state index is 0.231. The van der Waals surface area contributed by atoms with Gasteiger partial charge in [-0.1, -0.05) is 18.2 Å². The monoisotopic (exact) mass is 334 g/mol. The Balaban J connectivity index is 2.03. The molecular weight excluding hydrogens is 312 g/mol. The summed E-state index contributed by atoms with van der Waals surface area (Å²) in [5, 5.41) is 10.0. The minimum Gasteiger partial charge on any atom is -0.480 e. The maximum absolute atomic E-state index is 11.7. The van der Waals surface area contributed by atoms with E-state index in [0.29, 0.717) is 25.0 Å². The summed E-state index contributed by atoms with van der Waals surface area (Å²) in [5.41, 5.74) is -0.259. The van der Waals surface area contributed by atoms with E-state index in [0.717, 1.165) is 17.5 Å². The number of benzene rings is 1. The maximum Gasteiger partial charge on any atom is 0.305 e. The van der Waals surface area contributed by atoms with Gasteiger partial charge in [0, 0.05) is 18.9 Å². The fraction of sp³-hybridized carbons (Fsp3) is 0.556. The summed E-state index contributed by atoms with van der Waals surface area (Å²) in [7, 11) is 1.36. The molecule has 3 rings (SSSR count). The van der Waals surface area contributed by atoms with E-state index in [1.54, 1.807) is 0 Å². The van der Waals surface area contributed by atoms with E-state index in [4.69, 9.17) is 14.2 Å². The van der Waals surface area contributed by atoms with Crippen LogP contribution in [0.5, 0.6) is 5.75 Å². The molecule has 1 fully saturated rings. The van der Waals surface area contributed by atoms with Crippen LogP contribution in [0.15, 0.2) is 18.2 Å². The van der Waals surface area contributed by atoms with Gasteiger partial charge in [-0.3, -0.25) is 9.59 Å². The van der Waals surface area contributed by atoms with E-state index in [9.17, 15) is 14.7 Å². The lowest BCUT2D eigenvalue weighted by atomic mass is 9.82. The SMILES string of the molecule is COC(=O)CCc1cccc2c1OC1(CO)CCCC21OC(C)=O. The smallest absolute Gasteiger partial charge is 0.305 e. The number of aliphatic hydroxyl groups excluding tert-OH is 1. The first-order chi connectivity index (χ1) is 11.5. The molecule has 0 amide bonds. The number of para-hydroxylation sites is 1. The molecule has 2 aliphatic rings. The Bertz CT molecular complexity index is 669. The number of carbonyl (C=O) groups excluding carboxylic acids is 2. The molecule has 24 heavy (non-hydrogen) atoms. The minimum atomic E-state index is -0.954. The van der Waals surface area contributed by atoms with Crippen molar-refractivity contribution < 1.29 is 28.9 Å². The highest BCUT2D eigenvalue weighted by atomic mass is 16.6. The lowest BCUT2D eigenvalue weighted by Gasteiger charge is -2.37. The summed E-state index contributed by atoms with van der Waals surface area (Å²) in [6.45, 7) is 1.14. The van der Waals surface area contributed by atoms with Crippen molar-refractivity contribution in [3.05, 3.63) is 29.3 Å². The van der Waals surface area contributed by atoms with Gasteiger partial charge in [-0.15, -0.1) is 0 Å². The molecule has 0 saturated heterocycles. The quantitative estimate of drug-likeness (QED) is 0.828. The van der Waals surface area contributed by atoms with Crippen LogP contribution < -0.4 is 4.74 Å². The van der Waals surface area contributed by atoms with Crippen LogP contribution in [-0.4, -0.2) is 36.4 Å². The highest BCUT2D eigenvalue weighted by Crippen LogP contribution is 2.59. The predicted molar refractivity (Wildman–Crippen MR) is 84.5 cm³/mol. The molecule has 1 saturated carbocycles. The van der Waals surface area contributed by atoms with Crippen LogP contribution in [0.2, 0.25) is 0 Å². The molecule has 1 aromatic rings. The third-order valence-corrected chi connectivity index (χ3v) is 5.07. The number of fused-ring (bicyclic) bond motifs is 3. The zero-order valence-electron chi connectivity index (χ0n) is 14.0. The Morgan fingerprint density at radius 1 is 1.33 bits per heavy atom. The number of aliphatic hydroxyl groups is 1. The molecule has 2 unspecified atom stereocenters. The van der Waals surface area contributed by atoms with E-state index in [1.807, 2.05) is 18.2 Å². The molecule has 0 spiro atoms. The summed E-state index contributed by atoms with van der Waals surface area (Å²) < 4.78 is 16.6. The zero-order chi connectivity index (χ0) is 17.4. The van der Waals surface area contributed by atoms with Crippen LogP contribution in [0.25, 0.3) is 0 Å². The molecule has 1 aliphatic heterocycles. The lowest BCUT2D eigenvalue weighted by molar-refractivity contribution is -0.181. The second-order valence-electron chi connectivity index (χ2n) is 6.40. The first kappa shape index (κ1) is 16.8. The van der Waals surface area contributed by atoms with Gasteiger partial charge in [0.1, 0.15) is 5.75 Å². The molecule has 6 heteroatoms. The molecule has 2 atom stereocenters. The fourth-order valence-electron chi connectivity index (χ4n) is 4.00. The zero-order valence-corrected chi connectivity index (χ0v) is 14.0. The number of hydrogen-bond acceptors (Lipinski definition) is 6. The molecule has 0 radical (unpaired) electrons. The van der Waals surface area contributed by atoms with Crippen LogP contribution in [0.3, 0.4) is 0 Å². The van der Waals surface area contributed by atoms with Crippen molar-refractivity contribution in [2.45, 2.75) is 50.2 Å². The van der Waals surface area contributed by atoms with Gasteiger partial charge in [0.15, 0.2) is 11.2 Å². The average molecular weight is 334 g/mol. The van der Waals surface area contributed by atoms with Crippen LogP contribution in [0, 0.1) is 0 Å². The molecule has 130 valence electrons. The molecule has 6 nitrogen and oxygen atoms in total. The topological polar surface area (TPSA) is 82.1 Å². The normalized spacial score (nSPS) is 27.1. The molecule has 0 bridgehead atoms. The van der Waals surface area contributed by atoms with Crippen molar-refractivity contribution in [1.29, 1.82) is 0 Å². The first-order valence-electron chi connectivity index (χ1n) is 8.17. The van der Waals surface area contributed by atoms with Gasteiger partial charge < -0.3 is 19.3 Å². The third-order valence-electron chi connectivity index (χ3n) is 5.07. The fourth-order valence-corrected chi connectivity index (χ4v) is 4.00. The van der Waals surface area contributed by atoms with Crippen molar-refractivity contribution in [3.8, 4) is 5.75 Å². The summed E-state index contributed by atoms with van der Waals surface area (Å²) in [4.78, 5) is 23.2. The van der Waals surface area contributed by atoms with E-state index in [1.165, 1.54) is 14.0 Å². The van der Waals surface area contributed by atoms with Gasteiger partial charge in [0.05, 0.1) is 13.7 Å². The Morgan fingerprint density at radius 2 is 2.12 bits per heavy atom. The van der Waals surface area contributed by atoms with Gasteiger partial charge in [-0.05, 0) is 31.2 Å². The van der Waals surface area contributed by atoms with Gasteiger partial charge in [0.25, 0.3) is 0 Å². The number of hydrogen-bond donors (Lipinski definition) is 1. The van der Waals surface area contributed by atoms with Crippen molar-refractivity contribution >= 4 is 11.9 Å². The standard InChI is InChI=1S/C18H22O6/c1-12(20)23-18-10-4-9-17(18,11-19)24-16-13(5-3-6-14(16)18)7-8-15(21)22-2/h3,5-6,19H,4,7-11H2,1-2H3. The largest absolute Gasteiger partial charge is 0.480 e. The summed E-state index contributed by atoms with van der Waals surface area (Å²) >= 11 is 0. The lowest BCUT2D eigenvalue weighted by Crippen LogP contribution is -2.52. The van der Waals surface area contributed by atoms with Crippen molar-refractivity contribution in [3.63, 3.8) is 0 Å². The van der Waals surface area contributed by atoms with Crippen molar-refractivity contribution in [2.24, 2.45) is 0 Å². The van der Waals surface area contributed by atoms with E-state index < -0.39 is 17.2 Å². The van der Waals surface area contributed by atoms with Crippen LogP contribution in [0.4, 0.5) is 0 Å². The molecule has 1 N–H and O–H groups in total. The Labute approximate surface area is 140 Å². The maximum atomic E-state index is 11.7. The van der Waals surface area contributed by atoms with Crippen LogP contribution in [-0.2, 0) is 31.1 Å². The van der Waals surface area contributed by atoms with Gasteiger partial charge in [-0.2, -0.15) is 0 Å². The number of methoxy groups -OCH3 is 1. The summed E-state index contributed by atoms with van der Waals surface area (Å²) in [5.74, 6) is -0.0695. The van der Waals surface area contributed by atoms with Crippen LogP contribution in [0.1, 0.15) is 43.7 Å². The van der Waals surface area contributed by atoms with Gasteiger partial charge in [0.2, 0.25) is 0 Å². The predicted octanol–water partition coefficient (Wildman–Crippen LogP) is 1.86. The number of aryl methyl sites for hydroxylation is 1. The van der Waals surface area contributed by atoms with Crippen molar-refractivity contribution in [2.75, 3.05) is 13.7 Å². The van der Waals surface area contributed by atoms with E-state index in [2.05, 4.69) is 0 Å². The van der Waals surface area contributed by atoms with E-state index in [-0.39, 0.29) is 19.0 Å². The van der Waals surface area contributed by atoms with Crippen molar-refractivity contribution in [1.82, 2.24) is 0 Å². The molecule has 1 aromatic carbocycles. The molecular formula is C18H22O6. The first-order valence-corrected chi connectivity index (χ1v) is 8.17. The summed E-state index contributed by atoms with van der Waals surface area (Å²) in [6.07, 6.45) is 2.73. The second kappa shape index (κ2) is 6.09. The number of esters is 2. The molecule has 1 heterocycles. The Kier molecular flexibility index (Phi) is 4.25. The van der Waals surface area contributed by atoms with Gasteiger partial charge in [-0.25, -0.2) is 0 Å². The third kappa shape index (κ3) is 2.36.